The van der Waals surface area contributed by atoms with Crippen LogP contribution >= 0.6 is 0 Å². The zero-order chi connectivity index (χ0) is 29.2. The number of benzene rings is 2. The first-order valence-electron chi connectivity index (χ1n) is 14.2. The minimum atomic E-state index is -1.29. The maximum Gasteiger partial charge on any atom is 0.268 e. The Bertz CT molecular complexity index is 1240. The van der Waals surface area contributed by atoms with Gasteiger partial charge in [-0.05, 0) is 119 Å². The first-order chi connectivity index (χ1) is 19.8. The van der Waals surface area contributed by atoms with Crippen molar-refractivity contribution in [2.45, 2.75) is 44.8 Å². The van der Waals surface area contributed by atoms with Gasteiger partial charge >= 0.3 is 0 Å². The summed E-state index contributed by atoms with van der Waals surface area (Å²) in [4.78, 5) is 38.9. The van der Waals surface area contributed by atoms with E-state index in [1.165, 1.54) is 25.2 Å². The number of hydrogen-bond donors (Lipinski definition) is 6. The molecule has 0 saturated carbocycles. The van der Waals surface area contributed by atoms with Crippen molar-refractivity contribution in [1.82, 2.24) is 21.0 Å². The van der Waals surface area contributed by atoms with E-state index in [1.54, 1.807) is 24.3 Å². The third-order valence-electron chi connectivity index (χ3n) is 7.83. The molecule has 2 aliphatic heterocycles. The molecule has 2 fully saturated rings. The number of hydroxylamine groups is 1. The Hall–Kier alpha value is -3.75. The number of rotatable bonds is 8. The molecule has 4 rings (SSSR count). The maximum atomic E-state index is 12.6. The SMILES string of the molecule is C[C@@H](O)[C@H](NC(=O)c1ccc(C#Cc2ccc(NC(=O)CN3CCC(C4CCCNC4)CC3)cc2)cc1)C(=O)NO. The van der Waals surface area contributed by atoms with Crippen LogP contribution in [0.15, 0.2) is 48.5 Å². The molecule has 0 bridgehead atoms. The van der Waals surface area contributed by atoms with Crippen LogP contribution in [0.3, 0.4) is 0 Å². The molecular weight excluding hydrogens is 522 g/mol. The summed E-state index contributed by atoms with van der Waals surface area (Å²) in [5, 5.41) is 27.3. The van der Waals surface area contributed by atoms with E-state index >= 15 is 0 Å². The van der Waals surface area contributed by atoms with Crippen molar-refractivity contribution in [3.63, 3.8) is 0 Å². The predicted molar refractivity (Wildman–Crippen MR) is 155 cm³/mol. The number of carbonyl (C=O) groups is 3. The summed E-state index contributed by atoms with van der Waals surface area (Å²) >= 11 is 0. The van der Waals surface area contributed by atoms with Gasteiger partial charge in [-0.2, -0.15) is 0 Å². The molecule has 218 valence electrons. The molecule has 3 amide bonds. The van der Waals surface area contributed by atoms with Crippen LogP contribution in [0.4, 0.5) is 5.69 Å². The average Bonchev–Trinajstić information content (AvgIpc) is 3.00. The predicted octanol–water partition coefficient (Wildman–Crippen LogP) is 1.72. The van der Waals surface area contributed by atoms with E-state index < -0.39 is 24.0 Å². The van der Waals surface area contributed by atoms with Crippen LogP contribution in [-0.4, -0.2) is 77.8 Å². The van der Waals surface area contributed by atoms with Gasteiger partial charge in [0.2, 0.25) is 5.91 Å². The topological polar surface area (TPSA) is 143 Å². The molecule has 10 heteroatoms. The molecule has 0 radical (unpaired) electrons. The lowest BCUT2D eigenvalue weighted by Gasteiger charge is -2.37. The third-order valence-corrected chi connectivity index (χ3v) is 7.83. The fourth-order valence-corrected chi connectivity index (χ4v) is 5.45. The molecule has 0 aromatic heterocycles. The van der Waals surface area contributed by atoms with E-state index in [4.69, 9.17) is 5.21 Å². The molecule has 41 heavy (non-hydrogen) atoms. The van der Waals surface area contributed by atoms with Crippen molar-refractivity contribution >= 4 is 23.4 Å². The number of aliphatic hydroxyl groups is 1. The van der Waals surface area contributed by atoms with Crippen LogP contribution in [0.1, 0.15) is 54.1 Å². The highest BCUT2D eigenvalue weighted by atomic mass is 16.5. The second-order valence-corrected chi connectivity index (χ2v) is 10.8. The number of amides is 3. The molecule has 10 nitrogen and oxygen atoms in total. The molecule has 2 aromatic rings. The number of nitrogens with one attached hydrogen (secondary N) is 4. The van der Waals surface area contributed by atoms with Crippen molar-refractivity contribution < 1.29 is 24.7 Å². The summed E-state index contributed by atoms with van der Waals surface area (Å²) in [6.45, 7) is 5.95. The molecule has 1 unspecified atom stereocenters. The van der Waals surface area contributed by atoms with Gasteiger partial charge in [0.15, 0.2) is 0 Å². The summed E-state index contributed by atoms with van der Waals surface area (Å²) in [5.41, 5.74) is 3.89. The van der Waals surface area contributed by atoms with Crippen molar-refractivity contribution in [1.29, 1.82) is 0 Å². The minimum Gasteiger partial charge on any atom is -0.391 e. The molecule has 0 aliphatic carbocycles. The van der Waals surface area contributed by atoms with Crippen LogP contribution in [0, 0.1) is 23.7 Å². The number of nitrogens with zero attached hydrogens (tertiary/aromatic N) is 1. The van der Waals surface area contributed by atoms with Gasteiger partial charge < -0.3 is 21.1 Å². The summed E-state index contributed by atoms with van der Waals surface area (Å²) < 4.78 is 0. The highest BCUT2D eigenvalue weighted by Gasteiger charge is 2.28. The lowest BCUT2D eigenvalue weighted by molar-refractivity contribution is -0.133. The number of carbonyl (C=O) groups excluding carboxylic acids is 3. The summed E-state index contributed by atoms with van der Waals surface area (Å²) in [6, 6.07) is 12.5. The first kappa shape index (κ1) is 30.2. The van der Waals surface area contributed by atoms with E-state index in [9.17, 15) is 19.5 Å². The van der Waals surface area contributed by atoms with Gasteiger partial charge in [0.05, 0.1) is 12.6 Å². The number of piperidine rings is 2. The van der Waals surface area contributed by atoms with Gasteiger partial charge in [-0.25, -0.2) is 5.48 Å². The fourth-order valence-electron chi connectivity index (χ4n) is 5.45. The van der Waals surface area contributed by atoms with Crippen molar-refractivity contribution in [2.75, 3.05) is 38.0 Å². The molecule has 2 heterocycles. The second-order valence-electron chi connectivity index (χ2n) is 10.8. The largest absolute Gasteiger partial charge is 0.391 e. The van der Waals surface area contributed by atoms with E-state index in [-0.39, 0.29) is 11.5 Å². The maximum absolute atomic E-state index is 12.6. The van der Waals surface area contributed by atoms with Crippen molar-refractivity contribution in [3.05, 3.63) is 65.2 Å². The average molecular weight is 562 g/mol. The van der Waals surface area contributed by atoms with Gasteiger partial charge in [-0.1, -0.05) is 11.8 Å². The Balaban J connectivity index is 1.23. The Morgan fingerprint density at radius 1 is 0.976 bits per heavy atom. The van der Waals surface area contributed by atoms with E-state index in [1.807, 2.05) is 24.3 Å². The zero-order valence-electron chi connectivity index (χ0n) is 23.4. The molecule has 6 N–H and O–H groups in total. The lowest BCUT2D eigenvalue weighted by atomic mass is 9.80. The van der Waals surface area contributed by atoms with Gasteiger partial charge in [0, 0.05) is 22.4 Å². The minimum absolute atomic E-state index is 0.0116. The Morgan fingerprint density at radius 2 is 1.61 bits per heavy atom. The van der Waals surface area contributed by atoms with Crippen molar-refractivity contribution in [3.8, 4) is 11.8 Å². The van der Waals surface area contributed by atoms with E-state index in [2.05, 4.69) is 32.7 Å². The van der Waals surface area contributed by atoms with Crippen molar-refractivity contribution in [2.24, 2.45) is 11.8 Å². The molecule has 2 aliphatic rings. The van der Waals surface area contributed by atoms with E-state index in [0.29, 0.717) is 12.1 Å². The van der Waals surface area contributed by atoms with Gasteiger partial charge in [-0.3, -0.25) is 24.5 Å². The van der Waals surface area contributed by atoms with Gasteiger partial charge in [0.1, 0.15) is 6.04 Å². The van der Waals surface area contributed by atoms with Gasteiger partial charge in [-0.15, -0.1) is 0 Å². The Kier molecular flexibility index (Phi) is 10.9. The van der Waals surface area contributed by atoms with Crippen LogP contribution in [-0.2, 0) is 9.59 Å². The summed E-state index contributed by atoms with van der Waals surface area (Å²) in [6.07, 6.45) is 3.73. The number of hydrogen-bond acceptors (Lipinski definition) is 7. The third kappa shape index (κ3) is 8.87. The molecule has 2 aromatic carbocycles. The highest BCUT2D eigenvalue weighted by Crippen LogP contribution is 2.29. The number of aliphatic hydroxyl groups excluding tert-OH is 1. The van der Waals surface area contributed by atoms with E-state index in [0.717, 1.165) is 62.1 Å². The summed E-state index contributed by atoms with van der Waals surface area (Å²) in [5.74, 6) is 6.16. The number of likely N-dealkylation sites (tertiary alicyclic amines) is 1. The zero-order valence-corrected chi connectivity index (χ0v) is 23.4. The van der Waals surface area contributed by atoms with Crippen LogP contribution in [0.25, 0.3) is 0 Å². The Morgan fingerprint density at radius 3 is 2.17 bits per heavy atom. The quantitative estimate of drug-likeness (QED) is 0.164. The molecular formula is C31H39N5O5. The second kappa shape index (κ2) is 14.8. The number of anilines is 1. The molecule has 3 atom stereocenters. The van der Waals surface area contributed by atoms with Crippen LogP contribution in [0.2, 0.25) is 0 Å². The fraction of sp³-hybridized carbons (Fsp3) is 0.452. The highest BCUT2D eigenvalue weighted by molar-refractivity contribution is 5.97. The lowest BCUT2D eigenvalue weighted by Crippen LogP contribution is -2.51. The first-order valence-corrected chi connectivity index (χ1v) is 14.2. The standard InChI is InChI=1S/C31H39N5O5/c1-21(37)29(31(40)35-41)34-30(39)25-10-6-22(7-11-25)4-5-23-8-12-27(13-9-23)33-28(38)20-36-17-14-24(15-18-36)26-3-2-16-32-19-26/h6-13,21,24,26,29,32,37,41H,2-3,14-20H2,1H3,(H,33,38)(H,34,39)(H,35,40)/t21-,26?,29+/m1/s1. The smallest absolute Gasteiger partial charge is 0.268 e. The molecule has 2 saturated heterocycles. The normalized spacial score (nSPS) is 19.2. The Labute approximate surface area is 240 Å². The van der Waals surface area contributed by atoms with Crippen LogP contribution in [0.5, 0.6) is 0 Å². The van der Waals surface area contributed by atoms with Crippen LogP contribution < -0.4 is 21.4 Å². The summed E-state index contributed by atoms with van der Waals surface area (Å²) in [7, 11) is 0. The van der Waals surface area contributed by atoms with Gasteiger partial charge in [0.25, 0.3) is 11.8 Å². The molecule has 0 spiro atoms. The monoisotopic (exact) mass is 561 g/mol.